The minimum Gasteiger partial charge on any atom is -0.494 e. The molecule has 0 spiro atoms. The Bertz CT molecular complexity index is 3020. The van der Waals surface area contributed by atoms with Crippen LogP contribution in [0.1, 0.15) is 74.2 Å². The zero-order valence-corrected chi connectivity index (χ0v) is 41.5. The fourth-order valence-electron chi connectivity index (χ4n) is 10.4. The summed E-state index contributed by atoms with van der Waals surface area (Å²) in [6.45, 7) is 12.4. The number of imide groups is 1. The summed E-state index contributed by atoms with van der Waals surface area (Å²) in [6, 6.07) is 17.8. The Hall–Kier alpha value is -5.61. The smallest absolute Gasteiger partial charge is 0.420 e. The van der Waals surface area contributed by atoms with Gasteiger partial charge in [0.25, 0.3) is 0 Å². The number of amides is 2. The number of oxazole rings is 1. The van der Waals surface area contributed by atoms with Gasteiger partial charge in [-0.15, -0.1) is 0 Å². The molecule has 18 heteroatoms. The van der Waals surface area contributed by atoms with E-state index in [1.165, 1.54) is 15.8 Å². The van der Waals surface area contributed by atoms with E-state index in [4.69, 9.17) is 19.1 Å². The number of halogens is 1. The molecular weight excluding hydrogens is 947 g/mol. The first-order valence-electron chi connectivity index (χ1n) is 23.8. The number of rotatable bonds is 14. The highest BCUT2D eigenvalue weighted by Gasteiger charge is 2.34. The van der Waals surface area contributed by atoms with Gasteiger partial charge in [-0.05, 0) is 122 Å². The molecule has 10 rings (SSSR count). The lowest BCUT2D eigenvalue weighted by atomic mass is 9.98. The summed E-state index contributed by atoms with van der Waals surface area (Å²) in [7, 11) is -1.04. The molecule has 1 atom stereocenters. The van der Waals surface area contributed by atoms with Crippen LogP contribution in [0.5, 0.6) is 5.75 Å². The van der Waals surface area contributed by atoms with Crippen LogP contribution in [0.15, 0.2) is 74.5 Å². The van der Waals surface area contributed by atoms with Crippen LogP contribution in [0.25, 0.3) is 22.0 Å². The third-order valence-electron chi connectivity index (χ3n) is 14.1. The monoisotopic (exact) mass is 1000 g/mol. The number of piperazine rings is 1. The molecule has 4 aliphatic rings. The zero-order chi connectivity index (χ0) is 47.3. The standard InChI is InChI=1S/C50H58BrN10O6P/c1-5-32-11-12-34-37(53-32)13-14-38(46(34)68(3,4)65)54-47-36(51)29-52-49(57-47)55-39-27-35(30-9-10-30)42(28-43(39)66-2)60-21-18-33(19-22-60)59-25-23-58(24-26-59)20-17-31-7-6-8-40-45(31)67-50(64)61(40)41-15-16-44(62)56-48(41)63/h6-8,11-14,27-30,33,41H,5,9-10,15-26H2,1-4H3,(H,56,62,63)(H2,52,54,55,57). The average molecular weight is 1010 g/mol. The highest BCUT2D eigenvalue weighted by Crippen LogP contribution is 2.49. The van der Waals surface area contributed by atoms with E-state index < -0.39 is 24.8 Å². The third-order valence-corrected chi connectivity index (χ3v) is 16.2. The number of para-hydroxylation sites is 1. The molecule has 1 saturated carbocycles. The van der Waals surface area contributed by atoms with Gasteiger partial charge in [-0.25, -0.2) is 9.78 Å². The van der Waals surface area contributed by atoms with Crippen molar-refractivity contribution in [1.29, 1.82) is 0 Å². The number of benzene rings is 3. The average Bonchev–Trinajstić information content (AvgIpc) is 4.13. The second kappa shape index (κ2) is 19.1. The van der Waals surface area contributed by atoms with Gasteiger partial charge in [0.15, 0.2) is 5.58 Å². The number of aromatic nitrogens is 4. The fraction of sp³-hybridized carbons (Fsp3) is 0.440. The Labute approximate surface area is 403 Å². The van der Waals surface area contributed by atoms with Crippen molar-refractivity contribution in [3.05, 3.63) is 92.6 Å². The number of fused-ring (bicyclic) bond motifs is 2. The number of nitrogens with one attached hydrogen (secondary N) is 3. The highest BCUT2D eigenvalue weighted by molar-refractivity contribution is 9.10. The normalized spacial score (nSPS) is 18.9. The number of carbonyl (C=O) groups is 2. The van der Waals surface area contributed by atoms with Gasteiger partial charge in [0.2, 0.25) is 17.8 Å². The summed E-state index contributed by atoms with van der Waals surface area (Å²) in [5, 5.41) is 10.9. The van der Waals surface area contributed by atoms with Crippen LogP contribution in [0.4, 0.5) is 28.8 Å². The lowest BCUT2D eigenvalue weighted by molar-refractivity contribution is -0.135. The lowest BCUT2D eigenvalue weighted by Crippen LogP contribution is -2.53. The van der Waals surface area contributed by atoms with E-state index in [0.717, 1.165) is 123 Å². The highest BCUT2D eigenvalue weighted by atomic mass is 79.9. The van der Waals surface area contributed by atoms with E-state index in [1.807, 2.05) is 42.5 Å². The van der Waals surface area contributed by atoms with Crippen molar-refractivity contribution >= 4 is 91.0 Å². The minimum absolute atomic E-state index is 0.189. The Morgan fingerprint density at radius 1 is 0.912 bits per heavy atom. The van der Waals surface area contributed by atoms with Crippen LogP contribution >= 0.6 is 23.1 Å². The van der Waals surface area contributed by atoms with Gasteiger partial charge in [-0.1, -0.05) is 25.1 Å². The van der Waals surface area contributed by atoms with Crippen LogP contribution in [0.2, 0.25) is 0 Å². The van der Waals surface area contributed by atoms with Gasteiger partial charge in [0, 0.05) is 92.6 Å². The molecule has 3 aliphatic heterocycles. The molecule has 1 unspecified atom stereocenters. The summed E-state index contributed by atoms with van der Waals surface area (Å²) in [5.41, 5.74) is 7.95. The van der Waals surface area contributed by atoms with Crippen molar-refractivity contribution in [2.45, 2.75) is 76.3 Å². The lowest BCUT2D eigenvalue weighted by Gasteiger charge is -2.43. The van der Waals surface area contributed by atoms with E-state index in [2.05, 4.69) is 70.6 Å². The molecule has 6 aromatic rings. The molecule has 356 valence electrons. The Balaban J connectivity index is 0.774. The number of aryl methyl sites for hydroxylation is 1. The molecule has 1 aliphatic carbocycles. The maximum absolute atomic E-state index is 13.8. The Morgan fingerprint density at radius 2 is 1.71 bits per heavy atom. The van der Waals surface area contributed by atoms with Crippen molar-refractivity contribution in [2.75, 3.05) is 81.8 Å². The number of carbonyl (C=O) groups excluding carboxylic acids is 2. The number of hydrogen-bond acceptors (Lipinski definition) is 14. The predicted octanol–water partition coefficient (Wildman–Crippen LogP) is 7.69. The van der Waals surface area contributed by atoms with Gasteiger partial charge in [0.05, 0.1) is 34.0 Å². The van der Waals surface area contributed by atoms with Crippen molar-refractivity contribution < 1.29 is 23.3 Å². The van der Waals surface area contributed by atoms with Crippen LogP contribution in [-0.2, 0) is 27.0 Å². The second-order valence-corrected chi connectivity index (χ2v) is 22.9. The molecular formula is C50H58BrN10O6P. The van der Waals surface area contributed by atoms with Crippen LogP contribution in [-0.4, -0.2) is 113 Å². The van der Waals surface area contributed by atoms with E-state index in [1.54, 1.807) is 26.6 Å². The number of piperidine rings is 2. The van der Waals surface area contributed by atoms with Gasteiger partial charge in [-0.2, -0.15) is 4.98 Å². The fourth-order valence-corrected chi connectivity index (χ4v) is 12.1. The van der Waals surface area contributed by atoms with Gasteiger partial charge < -0.3 is 34.2 Å². The Morgan fingerprint density at radius 3 is 2.43 bits per heavy atom. The first kappa shape index (κ1) is 46.1. The molecule has 3 saturated heterocycles. The maximum Gasteiger partial charge on any atom is 0.420 e. The van der Waals surface area contributed by atoms with Crippen molar-refractivity contribution in [3.8, 4) is 5.75 Å². The topological polar surface area (TPSA) is 180 Å². The molecule has 16 nitrogen and oxygen atoms in total. The van der Waals surface area contributed by atoms with Crippen molar-refractivity contribution in [2.24, 2.45) is 0 Å². The number of pyridine rings is 1. The first-order chi connectivity index (χ1) is 32.8. The SMILES string of the molecule is CCc1ccc2c(P(C)(C)=O)c(Nc3nc(Nc4cc(C5CC5)c(N5CCC(N6CCN(CCc7cccc8c7oc(=O)n8C7CCC(=O)NC7=O)CC6)CC5)cc4OC)ncc3Br)ccc2n1. The van der Waals surface area contributed by atoms with Crippen LogP contribution in [0, 0.1) is 0 Å². The van der Waals surface area contributed by atoms with Crippen LogP contribution in [0.3, 0.4) is 0 Å². The van der Waals surface area contributed by atoms with Gasteiger partial charge >= 0.3 is 5.76 Å². The van der Waals surface area contributed by atoms with E-state index >= 15 is 0 Å². The van der Waals surface area contributed by atoms with Gasteiger partial charge in [-0.3, -0.25) is 29.4 Å². The third kappa shape index (κ3) is 9.42. The number of nitrogens with zero attached hydrogens (tertiary/aromatic N) is 7. The molecule has 3 aromatic heterocycles. The summed E-state index contributed by atoms with van der Waals surface area (Å²) in [5.74, 6) is 0.813. The molecule has 6 heterocycles. The van der Waals surface area contributed by atoms with E-state index in [0.29, 0.717) is 45.0 Å². The van der Waals surface area contributed by atoms with Crippen molar-refractivity contribution in [3.63, 3.8) is 0 Å². The number of methoxy groups -OCH3 is 1. The number of anilines is 5. The van der Waals surface area contributed by atoms with Crippen LogP contribution < -0.4 is 36.6 Å². The predicted molar refractivity (Wildman–Crippen MR) is 270 cm³/mol. The number of ether oxygens (including phenoxy) is 1. The zero-order valence-electron chi connectivity index (χ0n) is 39.0. The van der Waals surface area contributed by atoms with Gasteiger partial charge in [0.1, 0.15) is 24.8 Å². The molecule has 2 amide bonds. The maximum atomic E-state index is 13.8. The number of hydrogen-bond donors (Lipinski definition) is 3. The summed E-state index contributed by atoms with van der Waals surface area (Å²) in [6.07, 6.45) is 8.21. The summed E-state index contributed by atoms with van der Waals surface area (Å²) < 4.78 is 27.6. The largest absolute Gasteiger partial charge is 0.494 e. The minimum atomic E-state index is -2.74. The van der Waals surface area contributed by atoms with E-state index in [-0.39, 0.29) is 18.7 Å². The quantitative estimate of drug-likeness (QED) is 0.0714. The molecule has 3 aromatic carbocycles. The molecule has 68 heavy (non-hydrogen) atoms. The van der Waals surface area contributed by atoms with E-state index in [9.17, 15) is 18.9 Å². The van der Waals surface area contributed by atoms with Crippen molar-refractivity contribution in [1.82, 2.24) is 34.6 Å². The molecule has 0 bridgehead atoms. The Kier molecular flexibility index (Phi) is 12.9. The summed E-state index contributed by atoms with van der Waals surface area (Å²) >= 11 is 3.65. The second-order valence-electron chi connectivity index (χ2n) is 18.9. The summed E-state index contributed by atoms with van der Waals surface area (Å²) in [4.78, 5) is 59.3. The molecule has 4 fully saturated rings. The molecule has 3 N–H and O–H groups in total. The molecule has 0 radical (unpaired) electrons. The first-order valence-corrected chi connectivity index (χ1v) is 27.2.